The Morgan fingerprint density at radius 2 is 2.08 bits per heavy atom. The molecule has 1 atom stereocenters. The smallest absolute Gasteiger partial charge is 0.254 e. The van der Waals surface area contributed by atoms with Gasteiger partial charge in [-0.25, -0.2) is 0 Å². The monoisotopic (exact) mass is 184 g/mol. The second-order valence-corrected chi connectivity index (χ2v) is 3.45. The lowest BCUT2D eigenvalue weighted by Crippen LogP contribution is -2.50. The van der Waals surface area contributed by atoms with E-state index in [1.807, 2.05) is 0 Å². The van der Waals surface area contributed by atoms with Gasteiger partial charge < -0.3 is 5.32 Å². The first-order valence-corrected chi connectivity index (χ1v) is 3.96. The summed E-state index contributed by atoms with van der Waals surface area (Å²) >= 11 is 0. The third-order valence-corrected chi connectivity index (χ3v) is 2.11. The average Bonchev–Trinajstić information content (AvgIpc) is 2.14. The van der Waals surface area contributed by atoms with Gasteiger partial charge in [-0.05, 0) is 6.92 Å². The Morgan fingerprint density at radius 1 is 1.54 bits per heavy atom. The minimum atomic E-state index is -1.04. The molecule has 5 nitrogen and oxygen atoms in total. The zero-order valence-corrected chi connectivity index (χ0v) is 7.88. The Bertz CT molecular complexity index is 283. The van der Waals surface area contributed by atoms with Crippen LogP contribution in [0.15, 0.2) is 0 Å². The largest absolute Gasteiger partial charge is 0.342 e. The number of likely N-dealkylation sites (tertiary alicyclic amines) is 1. The van der Waals surface area contributed by atoms with Crippen molar-refractivity contribution in [2.45, 2.75) is 25.8 Å². The molecule has 0 bridgehead atoms. The van der Waals surface area contributed by atoms with Gasteiger partial charge in [0.2, 0.25) is 11.8 Å². The fraction of sp³-hybridized carbons (Fsp3) is 0.625. The van der Waals surface area contributed by atoms with Crippen LogP contribution in [0.3, 0.4) is 0 Å². The molecule has 72 valence electrons. The summed E-state index contributed by atoms with van der Waals surface area (Å²) in [4.78, 5) is 34.4. The van der Waals surface area contributed by atoms with Crippen molar-refractivity contribution in [3.05, 3.63) is 0 Å². The van der Waals surface area contributed by atoms with Crippen molar-refractivity contribution in [1.29, 1.82) is 0 Å². The van der Waals surface area contributed by atoms with Gasteiger partial charge in [0.1, 0.15) is 5.54 Å². The molecule has 1 aliphatic heterocycles. The van der Waals surface area contributed by atoms with Crippen LogP contribution in [0.5, 0.6) is 0 Å². The molecule has 0 aromatic carbocycles. The molecule has 0 saturated carbocycles. The van der Waals surface area contributed by atoms with Crippen molar-refractivity contribution in [1.82, 2.24) is 10.2 Å². The van der Waals surface area contributed by atoms with E-state index in [0.717, 1.165) is 4.90 Å². The highest BCUT2D eigenvalue weighted by molar-refractivity contribution is 6.09. The highest BCUT2D eigenvalue weighted by Crippen LogP contribution is 2.21. The highest BCUT2D eigenvalue weighted by Gasteiger charge is 2.47. The maximum atomic E-state index is 11.5. The van der Waals surface area contributed by atoms with E-state index in [1.165, 1.54) is 14.0 Å². The fourth-order valence-electron chi connectivity index (χ4n) is 1.47. The van der Waals surface area contributed by atoms with E-state index in [4.69, 9.17) is 0 Å². The van der Waals surface area contributed by atoms with Gasteiger partial charge in [0, 0.05) is 14.0 Å². The number of carbonyl (C=O) groups is 3. The molecule has 13 heavy (non-hydrogen) atoms. The van der Waals surface area contributed by atoms with Gasteiger partial charge in [-0.2, -0.15) is 0 Å². The number of imide groups is 1. The Labute approximate surface area is 76.1 Å². The van der Waals surface area contributed by atoms with Crippen LogP contribution in [0.1, 0.15) is 20.3 Å². The molecule has 1 N–H and O–H groups in total. The normalized spacial score (nSPS) is 28.1. The van der Waals surface area contributed by atoms with Gasteiger partial charge in [0.15, 0.2) is 0 Å². The molecule has 0 aromatic rings. The Kier molecular flexibility index (Phi) is 2.11. The molecule has 1 fully saturated rings. The van der Waals surface area contributed by atoms with Crippen LogP contribution in [-0.2, 0) is 14.4 Å². The summed E-state index contributed by atoms with van der Waals surface area (Å²) < 4.78 is 0. The summed E-state index contributed by atoms with van der Waals surface area (Å²) in [6.07, 6.45) is 0.0436. The maximum Gasteiger partial charge on any atom is 0.254 e. The predicted molar refractivity (Wildman–Crippen MR) is 44.6 cm³/mol. The Hall–Kier alpha value is -1.39. The minimum absolute atomic E-state index is 0.0436. The predicted octanol–water partition coefficient (Wildman–Crippen LogP) is -0.730. The van der Waals surface area contributed by atoms with E-state index in [0.29, 0.717) is 0 Å². The molecule has 1 heterocycles. The lowest BCUT2D eigenvalue weighted by Gasteiger charge is -2.21. The molecular weight excluding hydrogens is 172 g/mol. The third-order valence-electron chi connectivity index (χ3n) is 2.11. The maximum absolute atomic E-state index is 11.5. The molecule has 3 amide bonds. The van der Waals surface area contributed by atoms with Crippen molar-refractivity contribution < 1.29 is 14.4 Å². The van der Waals surface area contributed by atoms with Gasteiger partial charge >= 0.3 is 0 Å². The zero-order chi connectivity index (χ0) is 10.2. The van der Waals surface area contributed by atoms with Crippen LogP contribution in [-0.4, -0.2) is 35.2 Å². The molecule has 0 radical (unpaired) electrons. The van der Waals surface area contributed by atoms with Gasteiger partial charge in [-0.3, -0.25) is 19.3 Å². The molecule has 0 unspecified atom stereocenters. The van der Waals surface area contributed by atoms with Crippen molar-refractivity contribution in [2.75, 3.05) is 7.05 Å². The number of hydrogen-bond donors (Lipinski definition) is 1. The number of nitrogens with one attached hydrogen (secondary N) is 1. The molecule has 1 aliphatic rings. The molecule has 0 aromatic heterocycles. The quantitative estimate of drug-likeness (QED) is 0.546. The number of nitrogens with zero attached hydrogens (tertiary/aromatic N) is 1. The summed E-state index contributed by atoms with van der Waals surface area (Å²) in [5, 5.41) is 2.48. The summed E-state index contributed by atoms with van der Waals surface area (Å²) in [6.45, 7) is 2.87. The van der Waals surface area contributed by atoms with E-state index >= 15 is 0 Å². The number of hydrogen-bond acceptors (Lipinski definition) is 3. The Balaban J connectivity index is 2.87. The van der Waals surface area contributed by atoms with Crippen molar-refractivity contribution in [3.8, 4) is 0 Å². The molecular formula is C8H12N2O3. The average molecular weight is 184 g/mol. The first-order chi connectivity index (χ1) is 5.87. The van der Waals surface area contributed by atoms with Crippen LogP contribution < -0.4 is 5.32 Å². The minimum Gasteiger partial charge on any atom is -0.342 e. The fourth-order valence-corrected chi connectivity index (χ4v) is 1.47. The lowest BCUT2D eigenvalue weighted by molar-refractivity contribution is -0.139. The second kappa shape index (κ2) is 2.83. The zero-order valence-electron chi connectivity index (χ0n) is 7.88. The number of amides is 3. The first-order valence-electron chi connectivity index (χ1n) is 3.96. The van der Waals surface area contributed by atoms with Crippen LogP contribution in [0.25, 0.3) is 0 Å². The summed E-state index contributed by atoms with van der Waals surface area (Å²) in [6, 6.07) is 0. The Morgan fingerprint density at radius 3 is 2.38 bits per heavy atom. The molecule has 5 heteroatoms. The van der Waals surface area contributed by atoms with E-state index in [9.17, 15) is 14.4 Å². The van der Waals surface area contributed by atoms with Crippen molar-refractivity contribution >= 4 is 17.7 Å². The molecule has 1 rings (SSSR count). The number of likely N-dealkylation sites (N-methyl/N-ethyl adjacent to an activating group) is 1. The van der Waals surface area contributed by atoms with E-state index in [2.05, 4.69) is 5.32 Å². The van der Waals surface area contributed by atoms with Crippen molar-refractivity contribution in [2.24, 2.45) is 0 Å². The van der Waals surface area contributed by atoms with Crippen LogP contribution in [0.2, 0.25) is 0 Å². The molecule has 0 spiro atoms. The van der Waals surface area contributed by atoms with Crippen LogP contribution >= 0.6 is 0 Å². The van der Waals surface area contributed by atoms with Crippen LogP contribution in [0, 0.1) is 0 Å². The second-order valence-electron chi connectivity index (χ2n) is 3.45. The number of rotatable bonds is 1. The third kappa shape index (κ3) is 1.54. The van der Waals surface area contributed by atoms with Gasteiger partial charge in [0.25, 0.3) is 5.91 Å². The van der Waals surface area contributed by atoms with Gasteiger partial charge in [0.05, 0.1) is 6.42 Å². The SMILES string of the molecule is CC(=O)N[C@]1(C)CC(=O)N(C)C1=O. The molecule has 1 saturated heterocycles. The van der Waals surface area contributed by atoms with Crippen LogP contribution in [0.4, 0.5) is 0 Å². The van der Waals surface area contributed by atoms with Gasteiger partial charge in [-0.1, -0.05) is 0 Å². The lowest BCUT2D eigenvalue weighted by atomic mass is 10.0. The van der Waals surface area contributed by atoms with E-state index < -0.39 is 5.54 Å². The summed E-state index contributed by atoms with van der Waals surface area (Å²) in [5.41, 5.74) is -1.04. The topological polar surface area (TPSA) is 66.5 Å². The van der Waals surface area contributed by atoms with Gasteiger partial charge in [-0.15, -0.1) is 0 Å². The molecule has 0 aliphatic carbocycles. The standard InChI is InChI=1S/C8H12N2O3/c1-5(11)9-8(2)4-6(12)10(3)7(8)13/h4H2,1-3H3,(H,9,11)/t8-/m1/s1. The summed E-state index contributed by atoms with van der Waals surface area (Å²) in [7, 11) is 1.41. The van der Waals surface area contributed by atoms with E-state index in [-0.39, 0.29) is 24.1 Å². The van der Waals surface area contributed by atoms with E-state index in [1.54, 1.807) is 6.92 Å². The summed E-state index contributed by atoms with van der Waals surface area (Å²) in [5.74, 6) is -0.923. The van der Waals surface area contributed by atoms with Crippen molar-refractivity contribution in [3.63, 3.8) is 0 Å². The highest BCUT2D eigenvalue weighted by atomic mass is 16.2. The first kappa shape index (κ1) is 9.70. The number of carbonyl (C=O) groups excluding carboxylic acids is 3.